The Balaban J connectivity index is 0.00000324. The predicted octanol–water partition coefficient (Wildman–Crippen LogP) is 3.18. The summed E-state index contributed by atoms with van der Waals surface area (Å²) < 4.78 is 16.0. The van der Waals surface area contributed by atoms with Crippen molar-refractivity contribution in [2.24, 2.45) is 11.7 Å². The third-order valence-corrected chi connectivity index (χ3v) is 2.86. The van der Waals surface area contributed by atoms with Crippen LogP contribution in [0.4, 0.5) is 0 Å². The van der Waals surface area contributed by atoms with Gasteiger partial charge in [-0.3, -0.25) is 0 Å². The molecule has 0 aliphatic rings. The van der Waals surface area contributed by atoms with E-state index in [-0.39, 0.29) is 18.4 Å². The van der Waals surface area contributed by atoms with Gasteiger partial charge in [-0.25, -0.2) is 0 Å². The van der Waals surface area contributed by atoms with Crippen molar-refractivity contribution in [3.8, 4) is 17.2 Å². The number of hydrogen-bond donors (Lipinski definition) is 1. The van der Waals surface area contributed by atoms with Gasteiger partial charge in [0.1, 0.15) is 0 Å². The number of hydrogen-bond acceptors (Lipinski definition) is 4. The largest absolute Gasteiger partial charge is 0.493 e. The molecule has 0 fully saturated rings. The number of nitrogens with two attached hydrogens (primary N) is 1. The van der Waals surface area contributed by atoms with Crippen LogP contribution in [-0.4, -0.2) is 21.3 Å². The van der Waals surface area contributed by atoms with Crippen molar-refractivity contribution in [1.82, 2.24) is 0 Å². The lowest BCUT2D eigenvalue weighted by atomic mass is 9.96. The van der Waals surface area contributed by atoms with E-state index in [0.717, 1.165) is 12.0 Å². The van der Waals surface area contributed by atoms with E-state index in [1.165, 1.54) is 0 Å². The molecule has 0 saturated carbocycles. The highest BCUT2D eigenvalue weighted by atomic mass is 35.5. The second-order valence-electron chi connectivity index (χ2n) is 4.66. The van der Waals surface area contributed by atoms with Gasteiger partial charge in [0.2, 0.25) is 5.75 Å². The summed E-state index contributed by atoms with van der Waals surface area (Å²) in [6, 6.07) is 3.73. The molecule has 0 aromatic heterocycles. The van der Waals surface area contributed by atoms with Crippen LogP contribution in [0.5, 0.6) is 17.2 Å². The standard InChI is InChI=1S/C14H23NO3.ClH/c1-9(2)8-11(15)10-6-7-12(16-3)14(18-5)13(10)17-4;/h6-7,9,11H,8,15H2,1-5H3;1H/t11-;/m0./s1. The highest BCUT2D eigenvalue weighted by Gasteiger charge is 2.20. The van der Waals surface area contributed by atoms with Gasteiger partial charge < -0.3 is 19.9 Å². The zero-order valence-corrected chi connectivity index (χ0v) is 13.0. The molecule has 0 aliphatic heterocycles. The molecule has 5 heteroatoms. The lowest BCUT2D eigenvalue weighted by Crippen LogP contribution is -2.14. The van der Waals surface area contributed by atoms with Gasteiger partial charge in [0.15, 0.2) is 11.5 Å². The molecule has 1 atom stereocenters. The highest BCUT2D eigenvalue weighted by molar-refractivity contribution is 5.85. The number of halogens is 1. The summed E-state index contributed by atoms with van der Waals surface area (Å²) in [5, 5.41) is 0. The fourth-order valence-electron chi connectivity index (χ4n) is 2.05. The molecule has 110 valence electrons. The van der Waals surface area contributed by atoms with Crippen LogP contribution in [0.3, 0.4) is 0 Å². The number of rotatable bonds is 6. The van der Waals surface area contributed by atoms with Crippen molar-refractivity contribution in [1.29, 1.82) is 0 Å². The van der Waals surface area contributed by atoms with Crippen LogP contribution >= 0.6 is 12.4 Å². The Labute approximate surface area is 121 Å². The molecule has 1 rings (SSSR count). The summed E-state index contributed by atoms with van der Waals surface area (Å²) in [5.74, 6) is 2.43. The average Bonchev–Trinajstić information content (AvgIpc) is 2.35. The highest BCUT2D eigenvalue weighted by Crippen LogP contribution is 2.42. The van der Waals surface area contributed by atoms with E-state index in [9.17, 15) is 0 Å². The zero-order chi connectivity index (χ0) is 13.7. The molecule has 1 aromatic rings. The van der Waals surface area contributed by atoms with Gasteiger partial charge in [-0.2, -0.15) is 0 Å². The van der Waals surface area contributed by atoms with E-state index in [0.29, 0.717) is 23.2 Å². The summed E-state index contributed by atoms with van der Waals surface area (Å²) in [7, 11) is 4.81. The van der Waals surface area contributed by atoms with Gasteiger partial charge in [-0.05, 0) is 24.5 Å². The molecular formula is C14H24ClNO3. The summed E-state index contributed by atoms with van der Waals surface area (Å²) in [6.45, 7) is 4.29. The Morgan fingerprint density at radius 1 is 1.00 bits per heavy atom. The van der Waals surface area contributed by atoms with Gasteiger partial charge in [-0.1, -0.05) is 13.8 Å². The van der Waals surface area contributed by atoms with Crippen molar-refractivity contribution < 1.29 is 14.2 Å². The van der Waals surface area contributed by atoms with Gasteiger partial charge in [0.05, 0.1) is 21.3 Å². The fraction of sp³-hybridized carbons (Fsp3) is 0.571. The normalized spacial score (nSPS) is 11.7. The van der Waals surface area contributed by atoms with Crippen molar-refractivity contribution in [2.45, 2.75) is 26.3 Å². The van der Waals surface area contributed by atoms with Crippen LogP contribution in [0.1, 0.15) is 31.9 Å². The molecule has 4 nitrogen and oxygen atoms in total. The molecule has 0 saturated heterocycles. The molecule has 0 bridgehead atoms. The van der Waals surface area contributed by atoms with Crippen molar-refractivity contribution in [2.75, 3.05) is 21.3 Å². The third-order valence-electron chi connectivity index (χ3n) is 2.86. The van der Waals surface area contributed by atoms with Gasteiger partial charge in [0.25, 0.3) is 0 Å². The Kier molecular flexibility index (Phi) is 7.64. The van der Waals surface area contributed by atoms with Crippen LogP contribution in [0, 0.1) is 5.92 Å². The van der Waals surface area contributed by atoms with E-state index in [1.54, 1.807) is 21.3 Å². The first-order valence-corrected chi connectivity index (χ1v) is 6.09. The van der Waals surface area contributed by atoms with Crippen molar-refractivity contribution >= 4 is 12.4 Å². The lowest BCUT2D eigenvalue weighted by molar-refractivity contribution is 0.319. The second kappa shape index (κ2) is 8.12. The third kappa shape index (κ3) is 4.18. The maximum Gasteiger partial charge on any atom is 0.203 e. The molecule has 0 unspecified atom stereocenters. The van der Waals surface area contributed by atoms with Crippen LogP contribution in [0.25, 0.3) is 0 Å². The Bertz CT molecular complexity index is 397. The molecule has 0 spiro atoms. The summed E-state index contributed by atoms with van der Waals surface area (Å²) >= 11 is 0. The molecule has 19 heavy (non-hydrogen) atoms. The van der Waals surface area contributed by atoms with Crippen LogP contribution in [0.15, 0.2) is 12.1 Å². The molecule has 0 amide bonds. The van der Waals surface area contributed by atoms with Crippen LogP contribution in [0.2, 0.25) is 0 Å². The smallest absolute Gasteiger partial charge is 0.203 e. The van der Waals surface area contributed by atoms with E-state index in [2.05, 4.69) is 13.8 Å². The Hall–Kier alpha value is -1.13. The van der Waals surface area contributed by atoms with Crippen molar-refractivity contribution in [3.63, 3.8) is 0 Å². The van der Waals surface area contributed by atoms with Gasteiger partial charge in [-0.15, -0.1) is 12.4 Å². The second-order valence-corrected chi connectivity index (χ2v) is 4.66. The van der Waals surface area contributed by atoms with Gasteiger partial charge in [0, 0.05) is 11.6 Å². The number of benzene rings is 1. The number of methoxy groups -OCH3 is 3. The minimum absolute atomic E-state index is 0. The summed E-state index contributed by atoms with van der Waals surface area (Å²) in [5.41, 5.74) is 7.16. The first-order chi connectivity index (χ1) is 8.54. The van der Waals surface area contributed by atoms with E-state index in [4.69, 9.17) is 19.9 Å². The van der Waals surface area contributed by atoms with Crippen LogP contribution < -0.4 is 19.9 Å². The predicted molar refractivity (Wildman–Crippen MR) is 79.7 cm³/mol. The maximum absolute atomic E-state index is 6.21. The minimum atomic E-state index is -0.0697. The summed E-state index contributed by atoms with van der Waals surface area (Å²) in [4.78, 5) is 0. The molecule has 0 aliphatic carbocycles. The monoisotopic (exact) mass is 289 g/mol. The fourth-order valence-corrected chi connectivity index (χ4v) is 2.05. The quantitative estimate of drug-likeness (QED) is 0.874. The van der Waals surface area contributed by atoms with Crippen LogP contribution in [-0.2, 0) is 0 Å². The number of ether oxygens (including phenoxy) is 3. The molecular weight excluding hydrogens is 266 g/mol. The molecule has 0 radical (unpaired) electrons. The maximum atomic E-state index is 6.21. The SMILES string of the molecule is COc1ccc([C@@H](N)CC(C)C)c(OC)c1OC.Cl. The van der Waals surface area contributed by atoms with Crippen molar-refractivity contribution in [3.05, 3.63) is 17.7 Å². The first kappa shape index (κ1) is 17.9. The summed E-state index contributed by atoms with van der Waals surface area (Å²) in [6.07, 6.45) is 0.895. The lowest BCUT2D eigenvalue weighted by Gasteiger charge is -2.20. The Morgan fingerprint density at radius 2 is 1.58 bits per heavy atom. The zero-order valence-electron chi connectivity index (χ0n) is 12.2. The first-order valence-electron chi connectivity index (χ1n) is 6.09. The van der Waals surface area contributed by atoms with E-state index in [1.807, 2.05) is 12.1 Å². The topological polar surface area (TPSA) is 53.7 Å². The van der Waals surface area contributed by atoms with E-state index >= 15 is 0 Å². The molecule has 1 aromatic carbocycles. The van der Waals surface area contributed by atoms with E-state index < -0.39 is 0 Å². The molecule has 0 heterocycles. The minimum Gasteiger partial charge on any atom is -0.493 e. The average molecular weight is 290 g/mol. The molecule has 2 N–H and O–H groups in total. The van der Waals surface area contributed by atoms with Gasteiger partial charge >= 0.3 is 0 Å². The Morgan fingerprint density at radius 3 is 2.00 bits per heavy atom.